The molecule has 0 rings (SSSR count). The quantitative estimate of drug-likeness (QED) is 0.0434. The van der Waals surface area contributed by atoms with Gasteiger partial charge in [-0.25, -0.2) is 0 Å². The number of hydrogen-bond acceptors (Lipinski definition) is 4. The zero-order valence-corrected chi connectivity index (χ0v) is 29.8. The predicted octanol–water partition coefficient (Wildman–Crippen LogP) is 12.0. The van der Waals surface area contributed by atoms with Crippen molar-refractivity contribution in [1.82, 2.24) is 0 Å². The van der Waals surface area contributed by atoms with Crippen LogP contribution in [0.3, 0.4) is 0 Å². The molecule has 0 aromatic rings. The van der Waals surface area contributed by atoms with Crippen LogP contribution in [-0.4, -0.2) is 38.7 Å². The molecular weight excluding hydrogens is 552 g/mol. The van der Waals surface area contributed by atoms with Crippen LogP contribution in [0, 0.1) is 0 Å². The second-order valence-electron chi connectivity index (χ2n) is 12.7. The molecule has 0 bridgehead atoms. The summed E-state index contributed by atoms with van der Waals surface area (Å²) >= 11 is 0. The van der Waals surface area contributed by atoms with Gasteiger partial charge in [0, 0.05) is 12.8 Å². The summed E-state index contributed by atoms with van der Waals surface area (Å²) in [4.78, 5) is 20.6. The Hall–Kier alpha value is -1.14. The Morgan fingerprint density at radius 1 is 0.364 bits per heavy atom. The minimum Gasteiger partial charge on any atom is -0.481 e. The standard InChI is InChI=1S/C18H36O2.C16H32O2.C4H10O2/c1-2-3-4-5-6-7-8-9-10-11-12-13-14-15-16-17-18(19)20;1-2-3-4-5-6-7-8-9-10-11-12-13-14-15-16(17)18;1-2-3-4(5)6/h2-17H2,1H3,(H,19,20);2-15H2,1H3,(H,17,18);4-6H,2-3H2,1H3. The second kappa shape index (κ2) is 44.0. The first-order chi connectivity index (χ1) is 21.3. The molecule has 0 spiro atoms. The van der Waals surface area contributed by atoms with Gasteiger partial charge in [-0.2, -0.15) is 0 Å². The molecule has 0 aliphatic rings. The molecule has 0 unspecified atom stereocenters. The molecule has 266 valence electrons. The Balaban J connectivity index is -0.000000647. The summed E-state index contributed by atoms with van der Waals surface area (Å²) in [5, 5.41) is 33.2. The largest absolute Gasteiger partial charge is 0.481 e. The Bertz CT molecular complexity index is 537. The van der Waals surface area contributed by atoms with Crippen LogP contribution in [0.5, 0.6) is 0 Å². The first-order valence-electron chi connectivity index (χ1n) is 19.1. The van der Waals surface area contributed by atoms with Gasteiger partial charge in [0.05, 0.1) is 0 Å². The number of aliphatic hydroxyl groups is 2. The molecule has 0 amide bonds. The van der Waals surface area contributed by atoms with Crippen molar-refractivity contribution in [2.75, 3.05) is 0 Å². The fourth-order valence-corrected chi connectivity index (χ4v) is 5.20. The molecule has 0 atom stereocenters. The lowest BCUT2D eigenvalue weighted by molar-refractivity contribution is -0.138. The van der Waals surface area contributed by atoms with Gasteiger partial charge in [0.25, 0.3) is 0 Å². The SMILES string of the molecule is CCCC(O)O.CCCCCCCCCCCCCCCC(=O)O.CCCCCCCCCCCCCCCCCC(=O)O. The van der Waals surface area contributed by atoms with Crippen LogP contribution >= 0.6 is 0 Å². The topological polar surface area (TPSA) is 115 Å². The van der Waals surface area contributed by atoms with Crippen molar-refractivity contribution in [2.45, 2.75) is 233 Å². The van der Waals surface area contributed by atoms with Crippen LogP contribution in [0.4, 0.5) is 0 Å². The van der Waals surface area contributed by atoms with E-state index in [1.54, 1.807) is 0 Å². The zero-order valence-electron chi connectivity index (χ0n) is 29.8. The third-order valence-corrected chi connectivity index (χ3v) is 8.04. The van der Waals surface area contributed by atoms with E-state index in [1.807, 2.05) is 6.92 Å². The summed E-state index contributed by atoms with van der Waals surface area (Å²) < 4.78 is 0. The van der Waals surface area contributed by atoms with Gasteiger partial charge in [-0.1, -0.05) is 194 Å². The molecule has 4 N–H and O–H groups in total. The Labute approximate surface area is 274 Å². The fraction of sp³-hybridized carbons (Fsp3) is 0.947. The minimum absolute atomic E-state index is 0.345. The fourth-order valence-electron chi connectivity index (χ4n) is 5.20. The average molecular weight is 631 g/mol. The summed E-state index contributed by atoms with van der Waals surface area (Å²) in [6, 6.07) is 0. The van der Waals surface area contributed by atoms with E-state index in [4.69, 9.17) is 20.4 Å². The molecule has 0 aromatic carbocycles. The highest BCUT2D eigenvalue weighted by atomic mass is 16.5. The van der Waals surface area contributed by atoms with Crippen LogP contribution in [0.1, 0.15) is 226 Å². The highest BCUT2D eigenvalue weighted by Gasteiger charge is 1.98. The van der Waals surface area contributed by atoms with Crippen molar-refractivity contribution in [3.8, 4) is 0 Å². The molecule has 6 nitrogen and oxygen atoms in total. The number of carboxylic acids is 2. The number of aliphatic carboxylic acids is 2. The van der Waals surface area contributed by atoms with Crippen molar-refractivity contribution in [3.63, 3.8) is 0 Å². The maximum Gasteiger partial charge on any atom is 0.303 e. The second-order valence-corrected chi connectivity index (χ2v) is 12.7. The van der Waals surface area contributed by atoms with Crippen LogP contribution in [0.15, 0.2) is 0 Å². The van der Waals surface area contributed by atoms with E-state index in [0.29, 0.717) is 19.3 Å². The molecule has 0 heterocycles. The van der Waals surface area contributed by atoms with E-state index in [9.17, 15) is 9.59 Å². The van der Waals surface area contributed by atoms with E-state index in [0.717, 1.165) is 32.1 Å². The Morgan fingerprint density at radius 2 is 0.568 bits per heavy atom. The average Bonchev–Trinajstić information content (AvgIpc) is 2.98. The van der Waals surface area contributed by atoms with Crippen molar-refractivity contribution < 1.29 is 30.0 Å². The molecule has 0 radical (unpaired) electrons. The number of carboxylic acid groups (broad SMARTS) is 2. The Kier molecular flexibility index (Phi) is 47.3. The maximum atomic E-state index is 10.3. The van der Waals surface area contributed by atoms with Crippen LogP contribution in [0.25, 0.3) is 0 Å². The van der Waals surface area contributed by atoms with Gasteiger partial charge in [-0.3, -0.25) is 9.59 Å². The maximum absolute atomic E-state index is 10.3. The van der Waals surface area contributed by atoms with Crippen LogP contribution in [0.2, 0.25) is 0 Å². The van der Waals surface area contributed by atoms with Gasteiger partial charge in [0.1, 0.15) is 0 Å². The number of unbranched alkanes of at least 4 members (excludes halogenated alkanes) is 26. The van der Waals surface area contributed by atoms with Gasteiger partial charge < -0.3 is 20.4 Å². The van der Waals surface area contributed by atoms with Gasteiger partial charge in [0.15, 0.2) is 6.29 Å². The molecule has 0 aliphatic carbocycles. The zero-order chi connectivity index (χ0) is 33.4. The minimum atomic E-state index is -1.10. The molecule has 0 aromatic heterocycles. The highest BCUT2D eigenvalue weighted by Crippen LogP contribution is 2.14. The van der Waals surface area contributed by atoms with Gasteiger partial charge in [-0.05, 0) is 19.3 Å². The van der Waals surface area contributed by atoms with E-state index < -0.39 is 18.2 Å². The number of aliphatic hydroxyl groups excluding tert-OH is 1. The lowest BCUT2D eigenvalue weighted by Crippen LogP contribution is -2.01. The third kappa shape index (κ3) is 56.6. The summed E-state index contributed by atoms with van der Waals surface area (Å²) in [6.07, 6.45) is 37.7. The van der Waals surface area contributed by atoms with E-state index in [-0.39, 0.29) is 0 Å². The molecule has 0 fully saturated rings. The van der Waals surface area contributed by atoms with Gasteiger partial charge in [0.2, 0.25) is 0 Å². The Morgan fingerprint density at radius 3 is 0.705 bits per heavy atom. The van der Waals surface area contributed by atoms with Gasteiger partial charge in [-0.15, -0.1) is 0 Å². The summed E-state index contributed by atoms with van der Waals surface area (Å²) in [5.74, 6) is -1.31. The smallest absolute Gasteiger partial charge is 0.303 e. The predicted molar refractivity (Wildman–Crippen MR) is 188 cm³/mol. The summed E-state index contributed by atoms with van der Waals surface area (Å²) in [6.45, 7) is 6.43. The molecule has 0 saturated heterocycles. The first-order valence-corrected chi connectivity index (χ1v) is 19.1. The molecule has 0 saturated carbocycles. The molecular formula is C38H78O6. The van der Waals surface area contributed by atoms with E-state index in [1.165, 1.54) is 154 Å². The highest BCUT2D eigenvalue weighted by molar-refractivity contribution is 5.66. The van der Waals surface area contributed by atoms with Crippen LogP contribution in [-0.2, 0) is 9.59 Å². The first kappa shape index (κ1) is 47.3. The lowest BCUT2D eigenvalue weighted by atomic mass is 10.0. The summed E-state index contributed by atoms with van der Waals surface area (Å²) in [7, 11) is 0. The lowest BCUT2D eigenvalue weighted by Gasteiger charge is -2.03. The van der Waals surface area contributed by atoms with Crippen molar-refractivity contribution in [2.24, 2.45) is 0 Å². The number of hydrogen-bond donors (Lipinski definition) is 4. The van der Waals surface area contributed by atoms with Crippen molar-refractivity contribution in [1.29, 1.82) is 0 Å². The van der Waals surface area contributed by atoms with Crippen LogP contribution < -0.4 is 0 Å². The summed E-state index contributed by atoms with van der Waals surface area (Å²) in [5.41, 5.74) is 0. The molecule has 44 heavy (non-hydrogen) atoms. The normalized spacial score (nSPS) is 10.7. The molecule has 6 heteroatoms. The third-order valence-electron chi connectivity index (χ3n) is 8.04. The molecule has 0 aliphatic heterocycles. The van der Waals surface area contributed by atoms with Crippen molar-refractivity contribution in [3.05, 3.63) is 0 Å². The van der Waals surface area contributed by atoms with Crippen molar-refractivity contribution >= 4 is 11.9 Å². The number of rotatable bonds is 32. The monoisotopic (exact) mass is 631 g/mol. The number of carbonyl (C=O) groups is 2. The van der Waals surface area contributed by atoms with E-state index >= 15 is 0 Å². The van der Waals surface area contributed by atoms with E-state index in [2.05, 4.69) is 13.8 Å². The van der Waals surface area contributed by atoms with Gasteiger partial charge >= 0.3 is 11.9 Å².